The molecule has 0 bridgehead atoms. The van der Waals surface area contributed by atoms with Crippen LogP contribution < -0.4 is 15.2 Å². The summed E-state index contributed by atoms with van der Waals surface area (Å²) >= 11 is 1.58. The Balaban J connectivity index is 0.000000396. The Kier molecular flexibility index (Phi) is 4.05. The Labute approximate surface area is 82.5 Å². The Morgan fingerprint density at radius 1 is 1.46 bits per heavy atom. The molecule has 1 aliphatic heterocycles. The average molecular weight is 201 g/mol. The Bertz CT molecular complexity index is 250. The van der Waals surface area contributed by atoms with Gasteiger partial charge in [-0.15, -0.1) is 11.3 Å². The zero-order valence-corrected chi connectivity index (χ0v) is 8.76. The van der Waals surface area contributed by atoms with Gasteiger partial charge in [0.25, 0.3) is 0 Å². The molecule has 0 saturated carbocycles. The van der Waals surface area contributed by atoms with Gasteiger partial charge in [0.05, 0.1) is 0 Å². The van der Waals surface area contributed by atoms with Gasteiger partial charge in [0.2, 0.25) is 0 Å². The van der Waals surface area contributed by atoms with E-state index in [2.05, 4.69) is 0 Å². The zero-order valence-electron chi connectivity index (χ0n) is 7.95. The number of rotatable bonds is 1. The highest BCUT2D eigenvalue weighted by molar-refractivity contribution is 7.08. The van der Waals surface area contributed by atoms with Gasteiger partial charge in [0.1, 0.15) is 12.7 Å². The first-order valence-corrected chi connectivity index (χ1v) is 5.40. The number of hydrogen-bond acceptors (Lipinski definition) is 4. The lowest BCUT2D eigenvalue weighted by atomic mass is 10.3. The van der Waals surface area contributed by atoms with Gasteiger partial charge in [-0.25, -0.2) is 0 Å². The minimum Gasteiger partial charge on any atom is -0.485 e. The topological polar surface area (TPSA) is 44.5 Å². The Hall–Kier alpha value is -0.740. The second-order valence-electron chi connectivity index (χ2n) is 2.39. The van der Waals surface area contributed by atoms with Crippen LogP contribution in [0.25, 0.3) is 0 Å². The minimum atomic E-state index is 0.0251. The monoisotopic (exact) mass is 201 g/mol. The van der Waals surface area contributed by atoms with E-state index in [9.17, 15) is 0 Å². The number of nitrogens with two attached hydrogens (primary N) is 1. The fourth-order valence-corrected chi connectivity index (χ4v) is 1.65. The predicted molar refractivity (Wildman–Crippen MR) is 54.6 cm³/mol. The lowest BCUT2D eigenvalue weighted by molar-refractivity contribution is 0.0983. The van der Waals surface area contributed by atoms with Gasteiger partial charge < -0.3 is 15.2 Å². The molecule has 0 radical (unpaired) electrons. The van der Waals surface area contributed by atoms with Crippen molar-refractivity contribution in [1.82, 2.24) is 0 Å². The van der Waals surface area contributed by atoms with Gasteiger partial charge >= 0.3 is 0 Å². The van der Waals surface area contributed by atoms with Gasteiger partial charge in [0, 0.05) is 17.3 Å². The second kappa shape index (κ2) is 5.09. The molecule has 0 aliphatic carbocycles. The van der Waals surface area contributed by atoms with Crippen molar-refractivity contribution in [2.45, 2.75) is 20.0 Å². The van der Waals surface area contributed by atoms with Crippen LogP contribution in [0.1, 0.15) is 13.8 Å². The van der Waals surface area contributed by atoms with Crippen molar-refractivity contribution in [2.24, 2.45) is 5.73 Å². The van der Waals surface area contributed by atoms with Crippen molar-refractivity contribution in [3.8, 4) is 11.5 Å². The van der Waals surface area contributed by atoms with Gasteiger partial charge in [-0.05, 0) is 0 Å². The summed E-state index contributed by atoms with van der Waals surface area (Å²) in [5.41, 5.74) is 5.43. The van der Waals surface area contributed by atoms with Crippen LogP contribution in [-0.2, 0) is 0 Å². The van der Waals surface area contributed by atoms with Crippen molar-refractivity contribution in [3.63, 3.8) is 0 Å². The van der Waals surface area contributed by atoms with Crippen LogP contribution in [0.5, 0.6) is 11.5 Å². The van der Waals surface area contributed by atoms with Crippen LogP contribution in [0.3, 0.4) is 0 Å². The normalized spacial score (nSPS) is 18.8. The van der Waals surface area contributed by atoms with Crippen molar-refractivity contribution in [2.75, 3.05) is 13.2 Å². The molecule has 0 aromatic carbocycles. The highest BCUT2D eigenvalue weighted by Gasteiger charge is 2.19. The quantitative estimate of drug-likeness (QED) is 0.754. The summed E-state index contributed by atoms with van der Waals surface area (Å²) in [5, 5.41) is 3.86. The maximum Gasteiger partial charge on any atom is 0.172 e. The average Bonchev–Trinajstić information content (AvgIpc) is 2.67. The van der Waals surface area contributed by atoms with E-state index < -0.39 is 0 Å². The molecule has 4 heteroatoms. The molecule has 1 aliphatic rings. The summed E-state index contributed by atoms with van der Waals surface area (Å²) in [6.45, 7) is 5.08. The number of ether oxygens (including phenoxy) is 2. The second-order valence-corrected chi connectivity index (χ2v) is 3.13. The van der Waals surface area contributed by atoms with E-state index in [1.54, 1.807) is 11.3 Å². The molecule has 1 unspecified atom stereocenters. The molecule has 3 nitrogen and oxygen atoms in total. The lowest BCUT2D eigenvalue weighted by Gasteiger charge is -2.22. The van der Waals surface area contributed by atoms with E-state index in [1.807, 2.05) is 24.6 Å². The van der Waals surface area contributed by atoms with E-state index in [1.165, 1.54) is 0 Å². The molecular weight excluding hydrogens is 186 g/mol. The minimum absolute atomic E-state index is 0.0251. The molecule has 1 atom stereocenters. The van der Waals surface area contributed by atoms with Crippen LogP contribution in [-0.4, -0.2) is 19.3 Å². The third-order valence-electron chi connectivity index (χ3n) is 1.57. The maximum absolute atomic E-state index is 5.48. The number of fused-ring (bicyclic) bond motifs is 1. The molecule has 13 heavy (non-hydrogen) atoms. The SMILES string of the molecule is CC.NCC1COc2cscc2O1. The molecule has 2 rings (SSSR count). The van der Waals surface area contributed by atoms with Gasteiger partial charge in [0.15, 0.2) is 11.5 Å². The molecule has 1 aromatic rings. The molecule has 0 spiro atoms. The fourth-order valence-electron chi connectivity index (χ4n) is 0.977. The van der Waals surface area contributed by atoms with E-state index in [0.29, 0.717) is 13.2 Å². The third kappa shape index (κ3) is 2.35. The Morgan fingerprint density at radius 3 is 2.85 bits per heavy atom. The van der Waals surface area contributed by atoms with Crippen LogP contribution in [0.15, 0.2) is 10.8 Å². The summed E-state index contributed by atoms with van der Waals surface area (Å²) in [5.74, 6) is 1.68. The third-order valence-corrected chi connectivity index (χ3v) is 2.27. The predicted octanol–water partition coefficient (Wildman–Crippen LogP) is 1.87. The highest BCUT2D eigenvalue weighted by Crippen LogP contribution is 2.34. The largest absolute Gasteiger partial charge is 0.485 e. The smallest absolute Gasteiger partial charge is 0.172 e. The van der Waals surface area contributed by atoms with E-state index in [-0.39, 0.29) is 6.10 Å². The summed E-state index contributed by atoms with van der Waals surface area (Å²) in [7, 11) is 0. The van der Waals surface area contributed by atoms with Crippen molar-refractivity contribution in [3.05, 3.63) is 10.8 Å². The first kappa shape index (κ1) is 10.3. The summed E-state index contributed by atoms with van der Waals surface area (Å²) in [4.78, 5) is 0. The van der Waals surface area contributed by atoms with Crippen LogP contribution in [0, 0.1) is 0 Å². The first-order chi connectivity index (χ1) is 6.40. The first-order valence-electron chi connectivity index (χ1n) is 4.46. The van der Waals surface area contributed by atoms with Crippen LogP contribution >= 0.6 is 11.3 Å². The van der Waals surface area contributed by atoms with Gasteiger partial charge in [-0.3, -0.25) is 0 Å². The van der Waals surface area contributed by atoms with Gasteiger partial charge in [-0.2, -0.15) is 0 Å². The van der Waals surface area contributed by atoms with Crippen molar-refractivity contribution >= 4 is 11.3 Å². The van der Waals surface area contributed by atoms with E-state index in [0.717, 1.165) is 11.5 Å². The lowest BCUT2D eigenvalue weighted by Crippen LogP contribution is -2.35. The molecule has 0 fully saturated rings. The molecular formula is C9H15NO2S. The standard InChI is InChI=1S/C7H9NO2S.C2H6/c8-1-5-2-9-6-3-11-4-7(6)10-5;1-2/h3-5H,1-2,8H2;1-2H3. The number of thiophene rings is 1. The molecule has 2 heterocycles. The summed E-state index contributed by atoms with van der Waals surface area (Å²) < 4.78 is 10.9. The maximum atomic E-state index is 5.48. The Morgan fingerprint density at radius 2 is 2.15 bits per heavy atom. The van der Waals surface area contributed by atoms with Crippen LogP contribution in [0.2, 0.25) is 0 Å². The zero-order chi connectivity index (χ0) is 9.68. The molecule has 1 aromatic heterocycles. The van der Waals surface area contributed by atoms with E-state index >= 15 is 0 Å². The molecule has 0 saturated heterocycles. The van der Waals surface area contributed by atoms with Crippen molar-refractivity contribution in [1.29, 1.82) is 0 Å². The summed E-state index contributed by atoms with van der Waals surface area (Å²) in [6.07, 6.45) is 0.0251. The molecule has 2 N–H and O–H groups in total. The summed E-state index contributed by atoms with van der Waals surface area (Å²) in [6, 6.07) is 0. The molecule has 0 amide bonds. The van der Waals surface area contributed by atoms with Gasteiger partial charge in [-0.1, -0.05) is 13.8 Å². The molecule has 74 valence electrons. The van der Waals surface area contributed by atoms with Crippen LogP contribution in [0.4, 0.5) is 0 Å². The highest BCUT2D eigenvalue weighted by atomic mass is 32.1. The fraction of sp³-hybridized carbons (Fsp3) is 0.556. The number of hydrogen-bond donors (Lipinski definition) is 1. The van der Waals surface area contributed by atoms with Crippen molar-refractivity contribution < 1.29 is 9.47 Å². The van der Waals surface area contributed by atoms with E-state index in [4.69, 9.17) is 15.2 Å².